The summed E-state index contributed by atoms with van der Waals surface area (Å²) in [5.74, 6) is 1.74. The lowest BCUT2D eigenvalue weighted by Crippen LogP contribution is -2.38. The van der Waals surface area contributed by atoms with E-state index in [2.05, 4.69) is 32.6 Å². The van der Waals surface area contributed by atoms with E-state index in [4.69, 9.17) is 0 Å². The Bertz CT molecular complexity index is 715. The van der Waals surface area contributed by atoms with Crippen molar-refractivity contribution in [2.45, 2.75) is 109 Å². The van der Waals surface area contributed by atoms with Gasteiger partial charge in [0.1, 0.15) is 0 Å². The van der Waals surface area contributed by atoms with Gasteiger partial charge in [0.25, 0.3) is 0 Å². The van der Waals surface area contributed by atoms with Gasteiger partial charge in [-0.3, -0.25) is 0 Å². The summed E-state index contributed by atoms with van der Waals surface area (Å²) in [7, 11) is 0. The molecule has 176 valence electrons. The van der Waals surface area contributed by atoms with E-state index in [0.29, 0.717) is 37.0 Å². The quantitative estimate of drug-likeness (QED) is 0.491. The average molecular weight is 433 g/mol. The lowest BCUT2D eigenvalue weighted by atomic mass is 9.60. The van der Waals surface area contributed by atoms with Crippen LogP contribution in [-0.4, -0.2) is 44.3 Å². The van der Waals surface area contributed by atoms with Crippen molar-refractivity contribution in [3.8, 4) is 0 Å². The first kappa shape index (κ1) is 24.7. The van der Waals surface area contributed by atoms with Crippen LogP contribution >= 0.6 is 0 Å². The molecule has 0 heterocycles. The molecule has 0 aromatic carbocycles. The van der Waals surface area contributed by atoms with Gasteiger partial charge in [-0.25, -0.2) is 0 Å². The number of allylic oxidation sites excluding steroid dienone is 3. The van der Waals surface area contributed by atoms with E-state index < -0.39 is 23.9 Å². The lowest BCUT2D eigenvalue weighted by molar-refractivity contribution is -0.0554. The maximum absolute atomic E-state index is 10.3. The molecule has 31 heavy (non-hydrogen) atoms. The van der Waals surface area contributed by atoms with Crippen LogP contribution in [0.25, 0.3) is 0 Å². The molecule has 0 aliphatic heterocycles. The monoisotopic (exact) mass is 432 g/mol. The highest BCUT2D eigenvalue weighted by Gasteiger charge is 2.50. The van der Waals surface area contributed by atoms with Gasteiger partial charge in [-0.15, -0.1) is 0 Å². The standard InChI is InChI=1S/C27H44O4/c1-17(8-13-25(30)26(3,4)31)22-11-12-23-19(7-6-14-27(22,23)5)9-10-20-15-21(28)16-24(29)18(20)2/h9-10,17,21-25,28-31H,2,6-8,11-16H2,1,3-5H3/b19-9+,20-10+/t17-,21-,22-,23+,24+,25?,27-/m1/s1. The highest BCUT2D eigenvalue weighted by molar-refractivity contribution is 5.38. The molecule has 4 N–H and O–H groups in total. The van der Waals surface area contributed by atoms with Crippen molar-refractivity contribution < 1.29 is 20.4 Å². The Morgan fingerprint density at radius 1 is 1.19 bits per heavy atom. The second-order valence-corrected chi connectivity index (χ2v) is 11.4. The minimum atomic E-state index is -1.04. The molecule has 3 aliphatic rings. The van der Waals surface area contributed by atoms with Crippen molar-refractivity contribution in [2.24, 2.45) is 23.2 Å². The summed E-state index contributed by atoms with van der Waals surface area (Å²) < 4.78 is 0. The molecule has 0 amide bonds. The molecule has 0 radical (unpaired) electrons. The van der Waals surface area contributed by atoms with Crippen LogP contribution in [0.3, 0.4) is 0 Å². The van der Waals surface area contributed by atoms with Crippen molar-refractivity contribution in [1.82, 2.24) is 0 Å². The zero-order valence-electron chi connectivity index (χ0n) is 20.0. The summed E-state index contributed by atoms with van der Waals surface area (Å²) in [6.45, 7) is 12.2. The fourth-order valence-corrected chi connectivity index (χ4v) is 6.65. The minimum absolute atomic E-state index is 0.282. The Kier molecular flexibility index (Phi) is 7.57. The highest BCUT2D eigenvalue weighted by Crippen LogP contribution is 2.60. The third-order valence-corrected chi connectivity index (χ3v) is 8.70. The molecule has 0 aromatic heterocycles. The van der Waals surface area contributed by atoms with Gasteiger partial charge in [-0.05, 0) is 99.5 Å². The molecule has 1 unspecified atom stereocenters. The van der Waals surface area contributed by atoms with E-state index in [-0.39, 0.29) is 5.41 Å². The predicted molar refractivity (Wildman–Crippen MR) is 125 cm³/mol. The molecule has 3 saturated carbocycles. The summed E-state index contributed by atoms with van der Waals surface area (Å²) in [6.07, 6.45) is 11.1. The first-order valence-electron chi connectivity index (χ1n) is 12.3. The Labute approximate surface area is 188 Å². The number of fused-ring (bicyclic) bond motifs is 1. The van der Waals surface area contributed by atoms with Gasteiger partial charge in [0.05, 0.1) is 23.9 Å². The maximum atomic E-state index is 10.3. The number of hydrogen-bond donors (Lipinski definition) is 4. The van der Waals surface area contributed by atoms with Crippen LogP contribution in [0.4, 0.5) is 0 Å². The molecule has 4 nitrogen and oxygen atoms in total. The molecular formula is C27H44O4. The maximum Gasteiger partial charge on any atom is 0.0849 e. The third kappa shape index (κ3) is 5.35. The first-order valence-corrected chi connectivity index (χ1v) is 12.3. The van der Waals surface area contributed by atoms with E-state index in [1.807, 2.05) is 0 Å². The molecule has 3 fully saturated rings. The number of aliphatic hydroxyl groups is 4. The van der Waals surface area contributed by atoms with Crippen LogP contribution in [0.1, 0.15) is 85.5 Å². The second kappa shape index (κ2) is 9.51. The van der Waals surface area contributed by atoms with Gasteiger partial charge in [-0.1, -0.05) is 38.2 Å². The normalized spacial score (nSPS) is 39.0. The Balaban J connectivity index is 1.71. The minimum Gasteiger partial charge on any atom is -0.393 e. The van der Waals surface area contributed by atoms with Crippen molar-refractivity contribution >= 4 is 0 Å². The number of aliphatic hydroxyl groups excluding tert-OH is 3. The number of rotatable bonds is 6. The molecule has 3 rings (SSSR count). The van der Waals surface area contributed by atoms with Crippen molar-refractivity contribution in [3.05, 3.63) is 35.5 Å². The summed E-state index contributed by atoms with van der Waals surface area (Å²) in [5.41, 5.74) is 2.48. The molecule has 0 aromatic rings. The zero-order chi connectivity index (χ0) is 23.0. The van der Waals surface area contributed by atoms with Crippen LogP contribution in [0.2, 0.25) is 0 Å². The lowest BCUT2D eigenvalue weighted by Gasteiger charge is -2.44. The van der Waals surface area contributed by atoms with E-state index in [9.17, 15) is 20.4 Å². The van der Waals surface area contributed by atoms with Crippen LogP contribution in [0.15, 0.2) is 35.5 Å². The molecule has 4 heteroatoms. The summed E-state index contributed by atoms with van der Waals surface area (Å²) in [5, 5.41) is 40.5. The van der Waals surface area contributed by atoms with Gasteiger partial charge in [0.15, 0.2) is 0 Å². The molecular weight excluding hydrogens is 388 g/mol. The Morgan fingerprint density at radius 3 is 2.58 bits per heavy atom. The average Bonchev–Trinajstić information content (AvgIpc) is 3.04. The molecule has 7 atom stereocenters. The Morgan fingerprint density at radius 2 is 1.90 bits per heavy atom. The number of hydrogen-bond acceptors (Lipinski definition) is 4. The largest absolute Gasteiger partial charge is 0.393 e. The predicted octanol–water partition coefficient (Wildman–Crippen LogP) is 4.68. The third-order valence-electron chi connectivity index (χ3n) is 8.70. The topological polar surface area (TPSA) is 80.9 Å². The van der Waals surface area contributed by atoms with Crippen molar-refractivity contribution in [3.63, 3.8) is 0 Å². The van der Waals surface area contributed by atoms with Gasteiger partial charge in [0, 0.05) is 6.42 Å². The summed E-state index contributed by atoms with van der Waals surface area (Å²) >= 11 is 0. The Hall–Kier alpha value is -0.940. The molecule has 0 saturated heterocycles. The van der Waals surface area contributed by atoms with Crippen molar-refractivity contribution in [2.75, 3.05) is 0 Å². The van der Waals surface area contributed by atoms with Gasteiger partial charge in [-0.2, -0.15) is 0 Å². The fourth-order valence-electron chi connectivity index (χ4n) is 6.65. The van der Waals surface area contributed by atoms with Crippen LogP contribution in [-0.2, 0) is 0 Å². The zero-order valence-corrected chi connectivity index (χ0v) is 20.0. The van der Waals surface area contributed by atoms with Gasteiger partial charge >= 0.3 is 0 Å². The highest BCUT2D eigenvalue weighted by atomic mass is 16.3. The van der Waals surface area contributed by atoms with E-state index in [1.54, 1.807) is 13.8 Å². The molecule has 0 spiro atoms. The smallest absolute Gasteiger partial charge is 0.0849 e. The SMILES string of the molecule is C=C1/C(=C/C=C2\CCC[C@]3(C)[C@@H]([C@H](C)CCC(O)C(C)(C)O)CC[C@@H]23)C[C@@H](O)C[C@@H]1O. The van der Waals surface area contributed by atoms with Crippen LogP contribution in [0.5, 0.6) is 0 Å². The van der Waals surface area contributed by atoms with Crippen LogP contribution < -0.4 is 0 Å². The summed E-state index contributed by atoms with van der Waals surface area (Å²) in [6, 6.07) is 0. The van der Waals surface area contributed by atoms with E-state index in [0.717, 1.165) is 24.0 Å². The van der Waals surface area contributed by atoms with E-state index >= 15 is 0 Å². The van der Waals surface area contributed by atoms with Gasteiger partial charge < -0.3 is 20.4 Å². The molecule has 0 bridgehead atoms. The van der Waals surface area contributed by atoms with Crippen molar-refractivity contribution in [1.29, 1.82) is 0 Å². The van der Waals surface area contributed by atoms with E-state index in [1.165, 1.54) is 31.3 Å². The van der Waals surface area contributed by atoms with Gasteiger partial charge in [0.2, 0.25) is 0 Å². The first-order chi connectivity index (χ1) is 14.4. The summed E-state index contributed by atoms with van der Waals surface area (Å²) in [4.78, 5) is 0. The second-order valence-electron chi connectivity index (χ2n) is 11.4. The molecule has 3 aliphatic carbocycles. The van der Waals surface area contributed by atoms with Crippen LogP contribution in [0, 0.1) is 23.2 Å². The fraction of sp³-hybridized carbons (Fsp3) is 0.778.